The fourth-order valence-electron chi connectivity index (χ4n) is 1.13. The van der Waals surface area contributed by atoms with Crippen LogP contribution in [0.4, 0.5) is 0 Å². The first-order chi connectivity index (χ1) is 6.24. The predicted octanol–water partition coefficient (Wildman–Crippen LogP) is -0.160. The average molecular weight is 187 g/mol. The lowest BCUT2D eigenvalue weighted by molar-refractivity contribution is -0.119. The number of hydrogen-bond acceptors (Lipinski definition) is 3. The van der Waals surface area contributed by atoms with Crippen LogP contribution in [0, 0.1) is 0 Å². The van der Waals surface area contributed by atoms with E-state index in [9.17, 15) is 4.79 Å². The molecule has 0 aliphatic carbocycles. The van der Waals surface area contributed by atoms with Crippen molar-refractivity contribution in [1.82, 2.24) is 10.6 Å². The van der Waals surface area contributed by atoms with Crippen LogP contribution >= 0.6 is 0 Å². The standard InChI is InChI=1S/C9H21N3O/c1-3-8(4-2)11-5-6-12-9(13)7-10/h8,11H,3-7,10H2,1-2H3,(H,12,13). The first kappa shape index (κ1) is 12.4. The van der Waals surface area contributed by atoms with E-state index in [0.717, 1.165) is 19.4 Å². The number of carbonyl (C=O) groups is 1. The summed E-state index contributed by atoms with van der Waals surface area (Å²) in [6, 6.07) is 0.565. The Hall–Kier alpha value is -0.610. The third-order valence-electron chi connectivity index (χ3n) is 2.05. The molecule has 0 aromatic carbocycles. The fourth-order valence-corrected chi connectivity index (χ4v) is 1.13. The van der Waals surface area contributed by atoms with Crippen LogP contribution in [0.2, 0.25) is 0 Å². The summed E-state index contributed by atoms with van der Waals surface area (Å²) in [5.41, 5.74) is 5.13. The SMILES string of the molecule is CCC(CC)NCCNC(=O)CN. The molecule has 0 aliphatic heterocycles. The smallest absolute Gasteiger partial charge is 0.233 e. The highest BCUT2D eigenvalue weighted by atomic mass is 16.1. The number of amides is 1. The van der Waals surface area contributed by atoms with E-state index in [1.807, 2.05) is 0 Å². The van der Waals surface area contributed by atoms with Crippen molar-refractivity contribution in [3.63, 3.8) is 0 Å². The van der Waals surface area contributed by atoms with Gasteiger partial charge in [-0.05, 0) is 12.8 Å². The van der Waals surface area contributed by atoms with Gasteiger partial charge in [0.15, 0.2) is 0 Å². The van der Waals surface area contributed by atoms with E-state index in [1.165, 1.54) is 0 Å². The second-order valence-electron chi connectivity index (χ2n) is 3.02. The second-order valence-corrected chi connectivity index (χ2v) is 3.02. The first-order valence-electron chi connectivity index (χ1n) is 4.94. The lowest BCUT2D eigenvalue weighted by atomic mass is 10.2. The third kappa shape index (κ3) is 6.54. The summed E-state index contributed by atoms with van der Waals surface area (Å²) in [5, 5.41) is 6.05. The van der Waals surface area contributed by atoms with Crippen LogP contribution in [0.1, 0.15) is 26.7 Å². The van der Waals surface area contributed by atoms with Crippen LogP contribution in [0.3, 0.4) is 0 Å². The fraction of sp³-hybridized carbons (Fsp3) is 0.889. The monoisotopic (exact) mass is 187 g/mol. The molecule has 4 N–H and O–H groups in total. The summed E-state index contributed by atoms with van der Waals surface area (Å²) in [6.45, 7) is 5.86. The van der Waals surface area contributed by atoms with Crippen LogP contribution < -0.4 is 16.4 Å². The topological polar surface area (TPSA) is 67.1 Å². The molecule has 13 heavy (non-hydrogen) atoms. The molecule has 0 heterocycles. The Labute approximate surface area is 80.3 Å². The number of nitrogens with two attached hydrogens (primary N) is 1. The van der Waals surface area contributed by atoms with E-state index in [-0.39, 0.29) is 12.5 Å². The van der Waals surface area contributed by atoms with Crippen molar-refractivity contribution in [2.45, 2.75) is 32.7 Å². The summed E-state index contributed by atoms with van der Waals surface area (Å²) in [6.07, 6.45) is 2.25. The molecular formula is C9H21N3O. The zero-order valence-electron chi connectivity index (χ0n) is 8.60. The van der Waals surface area contributed by atoms with E-state index < -0.39 is 0 Å². The van der Waals surface area contributed by atoms with Gasteiger partial charge in [-0.2, -0.15) is 0 Å². The molecule has 0 atom stereocenters. The summed E-state index contributed by atoms with van der Waals surface area (Å²) in [5.74, 6) is -0.0913. The summed E-state index contributed by atoms with van der Waals surface area (Å²) in [4.78, 5) is 10.7. The van der Waals surface area contributed by atoms with Crippen molar-refractivity contribution in [3.05, 3.63) is 0 Å². The minimum atomic E-state index is -0.0913. The van der Waals surface area contributed by atoms with Gasteiger partial charge in [0.1, 0.15) is 0 Å². The van der Waals surface area contributed by atoms with Crippen molar-refractivity contribution in [1.29, 1.82) is 0 Å². The summed E-state index contributed by atoms with van der Waals surface area (Å²) >= 11 is 0. The molecule has 4 heteroatoms. The van der Waals surface area contributed by atoms with Crippen LogP contribution in [-0.4, -0.2) is 31.6 Å². The van der Waals surface area contributed by atoms with Crippen molar-refractivity contribution in [2.75, 3.05) is 19.6 Å². The van der Waals surface area contributed by atoms with Gasteiger partial charge in [0, 0.05) is 19.1 Å². The highest BCUT2D eigenvalue weighted by molar-refractivity contribution is 5.77. The Kier molecular flexibility index (Phi) is 7.63. The summed E-state index contributed by atoms with van der Waals surface area (Å²) < 4.78 is 0. The molecule has 0 spiro atoms. The van der Waals surface area contributed by atoms with Gasteiger partial charge in [-0.15, -0.1) is 0 Å². The molecule has 0 aliphatic rings. The number of rotatable bonds is 7. The first-order valence-corrected chi connectivity index (χ1v) is 4.94. The molecule has 0 radical (unpaired) electrons. The second kappa shape index (κ2) is 8.01. The molecule has 4 nitrogen and oxygen atoms in total. The molecule has 0 saturated heterocycles. The largest absolute Gasteiger partial charge is 0.354 e. The predicted molar refractivity (Wildman–Crippen MR) is 54.4 cm³/mol. The Morgan fingerprint density at radius 1 is 1.31 bits per heavy atom. The van der Waals surface area contributed by atoms with Gasteiger partial charge < -0.3 is 16.4 Å². The number of hydrogen-bond donors (Lipinski definition) is 3. The quantitative estimate of drug-likeness (QED) is 0.485. The van der Waals surface area contributed by atoms with E-state index in [4.69, 9.17) is 5.73 Å². The summed E-state index contributed by atoms with van der Waals surface area (Å²) in [7, 11) is 0. The van der Waals surface area contributed by atoms with Gasteiger partial charge in [-0.25, -0.2) is 0 Å². The number of nitrogens with one attached hydrogen (secondary N) is 2. The normalized spacial score (nSPS) is 10.5. The highest BCUT2D eigenvalue weighted by Gasteiger charge is 2.01. The van der Waals surface area contributed by atoms with Crippen molar-refractivity contribution >= 4 is 5.91 Å². The molecule has 78 valence electrons. The van der Waals surface area contributed by atoms with Crippen LogP contribution in [0.5, 0.6) is 0 Å². The van der Waals surface area contributed by atoms with Crippen molar-refractivity contribution < 1.29 is 4.79 Å². The van der Waals surface area contributed by atoms with Gasteiger partial charge >= 0.3 is 0 Å². The van der Waals surface area contributed by atoms with Crippen LogP contribution in [-0.2, 0) is 4.79 Å². The molecule has 0 saturated carbocycles. The molecule has 0 unspecified atom stereocenters. The van der Waals surface area contributed by atoms with Gasteiger partial charge in [0.05, 0.1) is 6.54 Å². The third-order valence-corrected chi connectivity index (χ3v) is 2.05. The minimum Gasteiger partial charge on any atom is -0.354 e. The van der Waals surface area contributed by atoms with Crippen molar-refractivity contribution in [3.8, 4) is 0 Å². The Morgan fingerprint density at radius 3 is 2.38 bits per heavy atom. The Bertz CT molecular complexity index is 135. The highest BCUT2D eigenvalue weighted by Crippen LogP contribution is 1.93. The average Bonchev–Trinajstić information content (AvgIpc) is 2.18. The Morgan fingerprint density at radius 2 is 1.92 bits per heavy atom. The molecule has 0 rings (SSSR count). The van der Waals surface area contributed by atoms with E-state index in [0.29, 0.717) is 12.6 Å². The maximum Gasteiger partial charge on any atom is 0.233 e. The molecule has 0 fully saturated rings. The van der Waals surface area contributed by atoms with Gasteiger partial charge in [0.25, 0.3) is 0 Å². The zero-order valence-corrected chi connectivity index (χ0v) is 8.60. The van der Waals surface area contributed by atoms with Crippen LogP contribution in [0.25, 0.3) is 0 Å². The Balaban J connectivity index is 3.28. The molecule has 1 amide bonds. The molecule has 0 bridgehead atoms. The van der Waals surface area contributed by atoms with Gasteiger partial charge in [-0.1, -0.05) is 13.8 Å². The molecule has 0 aromatic rings. The lowest BCUT2D eigenvalue weighted by Crippen LogP contribution is -2.38. The lowest BCUT2D eigenvalue weighted by Gasteiger charge is -2.14. The minimum absolute atomic E-state index is 0.0744. The maximum atomic E-state index is 10.7. The van der Waals surface area contributed by atoms with E-state index in [1.54, 1.807) is 0 Å². The van der Waals surface area contributed by atoms with Crippen LogP contribution in [0.15, 0.2) is 0 Å². The zero-order chi connectivity index (χ0) is 10.1. The van der Waals surface area contributed by atoms with Crippen molar-refractivity contribution in [2.24, 2.45) is 5.73 Å². The van der Waals surface area contributed by atoms with Gasteiger partial charge in [-0.3, -0.25) is 4.79 Å². The molecule has 0 aromatic heterocycles. The molecular weight excluding hydrogens is 166 g/mol. The van der Waals surface area contributed by atoms with E-state index >= 15 is 0 Å². The maximum absolute atomic E-state index is 10.7. The van der Waals surface area contributed by atoms with Gasteiger partial charge in [0.2, 0.25) is 5.91 Å². The van der Waals surface area contributed by atoms with E-state index in [2.05, 4.69) is 24.5 Å². The number of carbonyl (C=O) groups excluding carboxylic acids is 1.